The Hall–Kier alpha value is -1.76. The Labute approximate surface area is 186 Å². The molecule has 0 aromatic carbocycles. The molecule has 2 aliphatic heterocycles. The molecule has 3 aliphatic rings. The van der Waals surface area contributed by atoms with E-state index in [-0.39, 0.29) is 11.9 Å². The number of amides is 1. The lowest BCUT2D eigenvalue weighted by Gasteiger charge is -2.33. The van der Waals surface area contributed by atoms with Gasteiger partial charge in [-0.15, -0.1) is 22.7 Å². The molecule has 1 saturated heterocycles. The van der Waals surface area contributed by atoms with Gasteiger partial charge in [0.25, 0.3) is 5.91 Å². The van der Waals surface area contributed by atoms with Crippen LogP contribution in [-0.4, -0.2) is 41.2 Å². The topological polar surface area (TPSA) is 35.9 Å². The van der Waals surface area contributed by atoms with Crippen LogP contribution in [0.5, 0.6) is 0 Å². The van der Waals surface area contributed by atoms with Gasteiger partial charge in [-0.2, -0.15) is 5.10 Å². The molecule has 2 fully saturated rings. The zero-order valence-corrected chi connectivity index (χ0v) is 19.1. The normalized spacial score (nSPS) is 28.6. The van der Waals surface area contributed by atoms with E-state index in [1.54, 1.807) is 22.7 Å². The maximum absolute atomic E-state index is 13.5. The van der Waals surface area contributed by atoms with Crippen LogP contribution in [0, 0.1) is 11.8 Å². The lowest BCUT2D eigenvalue weighted by Crippen LogP contribution is -2.43. The summed E-state index contributed by atoms with van der Waals surface area (Å²) in [7, 11) is 0. The van der Waals surface area contributed by atoms with Crippen LogP contribution >= 0.6 is 22.7 Å². The molecule has 1 aliphatic carbocycles. The number of carbonyl (C=O) groups is 1. The minimum Gasteiger partial charge on any atom is -0.294 e. The fourth-order valence-corrected chi connectivity index (χ4v) is 6.74. The summed E-state index contributed by atoms with van der Waals surface area (Å²) in [6.07, 6.45) is 8.07. The molecule has 158 valence electrons. The van der Waals surface area contributed by atoms with Gasteiger partial charge in [0.1, 0.15) is 0 Å². The molecule has 2 aromatic heterocycles. The summed E-state index contributed by atoms with van der Waals surface area (Å²) in [5.41, 5.74) is 2.46. The summed E-state index contributed by atoms with van der Waals surface area (Å²) in [6, 6.07) is 8.58. The maximum Gasteiger partial charge on any atom is 0.257 e. The molecule has 3 atom stereocenters. The molecule has 1 amide bonds. The minimum absolute atomic E-state index is 0.0572. The molecular weight excluding hydrogens is 410 g/mol. The summed E-state index contributed by atoms with van der Waals surface area (Å²) >= 11 is 3.52. The van der Waals surface area contributed by atoms with Crippen LogP contribution in [0.15, 0.2) is 45.7 Å². The second-order valence-corrected chi connectivity index (χ2v) is 10.8. The van der Waals surface area contributed by atoms with Crippen molar-refractivity contribution in [1.82, 2.24) is 9.91 Å². The third-order valence-corrected chi connectivity index (χ3v) is 8.31. The predicted molar refractivity (Wildman–Crippen MR) is 126 cm³/mol. The van der Waals surface area contributed by atoms with E-state index in [4.69, 9.17) is 5.10 Å². The molecule has 3 unspecified atom stereocenters. The first-order valence-electron chi connectivity index (χ1n) is 11.1. The van der Waals surface area contributed by atoms with E-state index in [0.717, 1.165) is 38.1 Å². The number of hydrogen-bond donors (Lipinski definition) is 0. The van der Waals surface area contributed by atoms with Gasteiger partial charge >= 0.3 is 0 Å². The van der Waals surface area contributed by atoms with E-state index in [1.165, 1.54) is 28.2 Å². The molecule has 5 rings (SSSR count). The van der Waals surface area contributed by atoms with Gasteiger partial charge in [-0.3, -0.25) is 9.69 Å². The van der Waals surface area contributed by atoms with E-state index < -0.39 is 0 Å². The summed E-state index contributed by atoms with van der Waals surface area (Å²) in [5, 5.41) is 11.1. The van der Waals surface area contributed by atoms with Crippen LogP contribution < -0.4 is 0 Å². The van der Waals surface area contributed by atoms with Crippen molar-refractivity contribution in [2.45, 2.75) is 45.1 Å². The quantitative estimate of drug-likeness (QED) is 0.616. The Morgan fingerprint density at radius 1 is 1.20 bits per heavy atom. The highest BCUT2D eigenvalue weighted by Crippen LogP contribution is 2.45. The largest absolute Gasteiger partial charge is 0.294 e. The van der Waals surface area contributed by atoms with Gasteiger partial charge in [-0.05, 0) is 79.1 Å². The molecule has 0 N–H and O–H groups in total. The number of hydrogen-bond acceptors (Lipinski definition) is 5. The first-order chi connectivity index (χ1) is 14.7. The first kappa shape index (κ1) is 20.2. The summed E-state index contributed by atoms with van der Waals surface area (Å²) in [5.74, 6) is 1.14. The van der Waals surface area contributed by atoms with Crippen molar-refractivity contribution in [3.05, 3.63) is 50.4 Å². The SMILES string of the molecule is CC1CCCN(CC(=O)N2N=C3/C(=C/c4cccs4)CCCC3C2c2cccs2)C1. The van der Waals surface area contributed by atoms with Crippen molar-refractivity contribution < 1.29 is 4.79 Å². The average molecular weight is 440 g/mol. The second kappa shape index (κ2) is 8.77. The van der Waals surface area contributed by atoms with Crippen LogP contribution in [-0.2, 0) is 4.79 Å². The van der Waals surface area contributed by atoms with Crippen LogP contribution in [0.25, 0.3) is 6.08 Å². The molecule has 1 saturated carbocycles. The second-order valence-electron chi connectivity index (χ2n) is 8.85. The van der Waals surface area contributed by atoms with E-state index >= 15 is 0 Å². The van der Waals surface area contributed by atoms with Crippen molar-refractivity contribution in [3.63, 3.8) is 0 Å². The Morgan fingerprint density at radius 3 is 2.83 bits per heavy atom. The van der Waals surface area contributed by atoms with Crippen molar-refractivity contribution in [2.24, 2.45) is 16.9 Å². The molecule has 6 heteroatoms. The number of carbonyl (C=O) groups excluding carboxylic acids is 1. The Morgan fingerprint density at radius 2 is 2.07 bits per heavy atom. The van der Waals surface area contributed by atoms with Crippen LogP contribution in [0.2, 0.25) is 0 Å². The number of rotatable bonds is 4. The van der Waals surface area contributed by atoms with Gasteiger partial charge in [0.15, 0.2) is 0 Å². The third kappa shape index (κ3) is 4.05. The van der Waals surface area contributed by atoms with Crippen LogP contribution in [0.4, 0.5) is 0 Å². The number of fused-ring (bicyclic) bond motifs is 1. The van der Waals surface area contributed by atoms with Crippen molar-refractivity contribution >= 4 is 40.4 Å². The Kier molecular flexibility index (Phi) is 5.89. The van der Waals surface area contributed by atoms with Crippen LogP contribution in [0.3, 0.4) is 0 Å². The highest BCUT2D eigenvalue weighted by molar-refractivity contribution is 7.11. The third-order valence-electron chi connectivity index (χ3n) is 6.55. The number of thiophene rings is 2. The van der Waals surface area contributed by atoms with Gasteiger partial charge in [-0.1, -0.05) is 19.1 Å². The summed E-state index contributed by atoms with van der Waals surface area (Å²) in [4.78, 5) is 18.3. The molecule has 0 spiro atoms. The van der Waals surface area contributed by atoms with E-state index in [0.29, 0.717) is 18.4 Å². The van der Waals surface area contributed by atoms with E-state index in [9.17, 15) is 4.79 Å². The number of likely N-dealkylation sites (tertiary alicyclic amines) is 1. The zero-order chi connectivity index (χ0) is 20.5. The molecule has 30 heavy (non-hydrogen) atoms. The number of allylic oxidation sites excluding steroid dienone is 1. The van der Waals surface area contributed by atoms with Gasteiger partial charge in [0, 0.05) is 22.2 Å². The lowest BCUT2D eigenvalue weighted by atomic mass is 9.79. The monoisotopic (exact) mass is 439 g/mol. The molecule has 0 bridgehead atoms. The van der Waals surface area contributed by atoms with Gasteiger partial charge < -0.3 is 0 Å². The first-order valence-corrected chi connectivity index (χ1v) is 12.9. The van der Waals surface area contributed by atoms with Gasteiger partial charge in [0.05, 0.1) is 18.3 Å². The van der Waals surface area contributed by atoms with Crippen LogP contribution in [0.1, 0.15) is 54.8 Å². The predicted octanol–water partition coefficient (Wildman–Crippen LogP) is 5.66. The van der Waals surface area contributed by atoms with Crippen molar-refractivity contribution in [2.75, 3.05) is 19.6 Å². The highest BCUT2D eigenvalue weighted by atomic mass is 32.1. The summed E-state index contributed by atoms with van der Waals surface area (Å²) in [6.45, 7) is 4.82. The van der Waals surface area contributed by atoms with Crippen molar-refractivity contribution in [3.8, 4) is 0 Å². The van der Waals surface area contributed by atoms with E-state index in [2.05, 4.69) is 52.9 Å². The lowest BCUT2D eigenvalue weighted by molar-refractivity contribution is -0.135. The van der Waals surface area contributed by atoms with E-state index in [1.807, 2.05) is 5.01 Å². The molecule has 4 heterocycles. The standard InChI is InChI=1S/C24H29N3OS2/c1-17-6-3-11-26(15-17)16-22(28)27-24(21-10-5-13-30-21)20-9-2-7-18(23(20)25-27)14-19-8-4-12-29-19/h4-5,8,10,12-14,17,20,24H,2-3,6-7,9,11,15-16H2,1H3/b18-14+. The maximum atomic E-state index is 13.5. The fourth-order valence-electron chi connectivity index (χ4n) is 5.18. The number of piperidine rings is 1. The zero-order valence-electron chi connectivity index (χ0n) is 17.5. The average Bonchev–Trinajstić information content (AvgIpc) is 3.48. The Balaban J connectivity index is 1.44. The minimum atomic E-state index is 0.0572. The smallest absolute Gasteiger partial charge is 0.257 e. The number of hydrazone groups is 1. The fraction of sp³-hybridized carbons (Fsp3) is 0.500. The van der Waals surface area contributed by atoms with Crippen molar-refractivity contribution in [1.29, 1.82) is 0 Å². The molecule has 4 nitrogen and oxygen atoms in total. The summed E-state index contributed by atoms with van der Waals surface area (Å²) < 4.78 is 0. The molecule has 2 aromatic rings. The molecular formula is C24H29N3OS2. The molecule has 0 radical (unpaired) electrons. The number of nitrogens with zero attached hydrogens (tertiary/aromatic N) is 3. The Bertz CT molecular complexity index is 932. The van der Waals surface area contributed by atoms with Gasteiger partial charge in [0.2, 0.25) is 0 Å². The highest BCUT2D eigenvalue weighted by Gasteiger charge is 2.44. The van der Waals surface area contributed by atoms with Gasteiger partial charge in [-0.25, -0.2) is 5.01 Å².